The highest BCUT2D eigenvalue weighted by Crippen LogP contribution is 2.31. The van der Waals surface area contributed by atoms with Crippen LogP contribution in [0.15, 0.2) is 53.6 Å². The van der Waals surface area contributed by atoms with Gasteiger partial charge in [-0.3, -0.25) is 4.79 Å². The molecule has 3 aromatic rings. The average molecular weight is 394 g/mol. The van der Waals surface area contributed by atoms with Crippen LogP contribution in [-0.2, 0) is 11.3 Å². The first-order valence-electron chi connectivity index (χ1n) is 9.22. The van der Waals surface area contributed by atoms with E-state index in [9.17, 15) is 4.79 Å². The number of thioether (sulfide) groups is 1. The second-order valence-corrected chi connectivity index (χ2v) is 7.81. The van der Waals surface area contributed by atoms with E-state index in [1.54, 1.807) is 4.90 Å². The standard InChI is InChI=1S/C22H22N2O3S/c1-15-11-21(23-18-6-4-3-5-17(15)18)28-14-22(25)24(2)13-16-7-8-19-20(12-16)27-10-9-26-19/h3-8,11-12H,9-10,13-14H2,1-2H3. The number of hydrogen-bond donors (Lipinski definition) is 0. The first-order valence-corrected chi connectivity index (χ1v) is 10.2. The van der Waals surface area contributed by atoms with Crippen molar-refractivity contribution < 1.29 is 14.3 Å². The van der Waals surface area contributed by atoms with Crippen molar-refractivity contribution in [1.82, 2.24) is 9.88 Å². The summed E-state index contributed by atoms with van der Waals surface area (Å²) >= 11 is 1.47. The minimum absolute atomic E-state index is 0.0625. The fraction of sp³-hybridized carbons (Fsp3) is 0.273. The lowest BCUT2D eigenvalue weighted by Gasteiger charge is -2.21. The second-order valence-electron chi connectivity index (χ2n) is 6.81. The number of nitrogens with zero attached hydrogens (tertiary/aromatic N) is 2. The molecule has 28 heavy (non-hydrogen) atoms. The van der Waals surface area contributed by atoms with Crippen molar-refractivity contribution in [2.24, 2.45) is 0 Å². The minimum Gasteiger partial charge on any atom is -0.486 e. The fourth-order valence-corrected chi connectivity index (χ4v) is 4.10. The van der Waals surface area contributed by atoms with Crippen LogP contribution in [0.2, 0.25) is 0 Å². The third kappa shape index (κ3) is 4.07. The van der Waals surface area contributed by atoms with Gasteiger partial charge in [-0.2, -0.15) is 0 Å². The van der Waals surface area contributed by atoms with Gasteiger partial charge in [0, 0.05) is 19.0 Å². The number of ether oxygens (including phenoxy) is 2. The summed E-state index contributed by atoms with van der Waals surface area (Å²) in [6.07, 6.45) is 0. The maximum atomic E-state index is 12.6. The zero-order chi connectivity index (χ0) is 19.5. The largest absolute Gasteiger partial charge is 0.486 e. The van der Waals surface area contributed by atoms with E-state index in [-0.39, 0.29) is 5.91 Å². The molecule has 0 aliphatic carbocycles. The Hall–Kier alpha value is -2.73. The van der Waals surface area contributed by atoms with E-state index in [1.807, 2.05) is 49.5 Å². The normalized spacial score (nSPS) is 12.8. The Bertz CT molecular complexity index is 1020. The molecule has 2 heterocycles. The quantitative estimate of drug-likeness (QED) is 0.611. The monoisotopic (exact) mass is 394 g/mol. The number of benzene rings is 2. The summed E-state index contributed by atoms with van der Waals surface area (Å²) in [7, 11) is 1.82. The van der Waals surface area contributed by atoms with E-state index >= 15 is 0 Å². The number of hydrogen-bond acceptors (Lipinski definition) is 5. The van der Waals surface area contributed by atoms with Crippen LogP contribution >= 0.6 is 11.8 Å². The molecule has 0 atom stereocenters. The Morgan fingerprint density at radius 3 is 2.75 bits per heavy atom. The number of fused-ring (bicyclic) bond motifs is 2. The molecule has 4 rings (SSSR count). The molecule has 2 aromatic carbocycles. The van der Waals surface area contributed by atoms with Gasteiger partial charge in [0.2, 0.25) is 5.91 Å². The summed E-state index contributed by atoms with van der Waals surface area (Å²) < 4.78 is 11.2. The number of carbonyl (C=O) groups excluding carboxylic acids is 1. The van der Waals surface area contributed by atoms with Crippen molar-refractivity contribution in [3.05, 3.63) is 59.7 Å². The zero-order valence-electron chi connectivity index (χ0n) is 16.0. The Balaban J connectivity index is 1.38. The predicted molar refractivity (Wildman–Crippen MR) is 111 cm³/mol. The van der Waals surface area contributed by atoms with Crippen molar-refractivity contribution in [2.75, 3.05) is 26.0 Å². The van der Waals surface area contributed by atoms with Crippen molar-refractivity contribution >= 4 is 28.6 Å². The lowest BCUT2D eigenvalue weighted by Crippen LogP contribution is -2.28. The van der Waals surface area contributed by atoms with E-state index < -0.39 is 0 Å². The summed E-state index contributed by atoms with van der Waals surface area (Å²) in [5.74, 6) is 1.92. The molecule has 1 aromatic heterocycles. The van der Waals surface area contributed by atoms with Gasteiger partial charge in [-0.05, 0) is 42.3 Å². The van der Waals surface area contributed by atoms with Gasteiger partial charge in [0.05, 0.1) is 16.3 Å². The van der Waals surface area contributed by atoms with Gasteiger partial charge in [0.1, 0.15) is 13.2 Å². The Kier molecular flexibility index (Phi) is 5.39. The van der Waals surface area contributed by atoms with Crippen molar-refractivity contribution in [3.63, 3.8) is 0 Å². The lowest BCUT2D eigenvalue weighted by molar-refractivity contribution is -0.127. The molecule has 0 radical (unpaired) electrons. The van der Waals surface area contributed by atoms with E-state index in [0.29, 0.717) is 25.5 Å². The topological polar surface area (TPSA) is 51.7 Å². The highest BCUT2D eigenvalue weighted by Gasteiger charge is 2.15. The van der Waals surface area contributed by atoms with Gasteiger partial charge >= 0.3 is 0 Å². The molecule has 1 aliphatic rings. The number of amides is 1. The molecular weight excluding hydrogens is 372 g/mol. The summed E-state index contributed by atoms with van der Waals surface area (Å²) in [5, 5.41) is 2.02. The van der Waals surface area contributed by atoms with Crippen molar-refractivity contribution in [1.29, 1.82) is 0 Å². The molecule has 0 unspecified atom stereocenters. The van der Waals surface area contributed by atoms with Crippen LogP contribution in [0.1, 0.15) is 11.1 Å². The first kappa shape index (κ1) is 18.6. The molecular formula is C22H22N2O3S. The Morgan fingerprint density at radius 2 is 1.89 bits per heavy atom. The third-order valence-corrected chi connectivity index (χ3v) is 5.59. The van der Waals surface area contributed by atoms with Gasteiger partial charge in [-0.1, -0.05) is 36.0 Å². The van der Waals surface area contributed by atoms with Crippen LogP contribution in [-0.4, -0.2) is 41.8 Å². The summed E-state index contributed by atoms with van der Waals surface area (Å²) in [5.41, 5.74) is 3.15. The highest BCUT2D eigenvalue weighted by molar-refractivity contribution is 7.99. The molecule has 144 valence electrons. The number of pyridine rings is 1. The van der Waals surface area contributed by atoms with Crippen LogP contribution in [0.5, 0.6) is 11.5 Å². The third-order valence-electron chi connectivity index (χ3n) is 4.70. The van der Waals surface area contributed by atoms with E-state index in [0.717, 1.165) is 33.0 Å². The zero-order valence-corrected chi connectivity index (χ0v) is 16.8. The molecule has 0 fully saturated rings. The number of aromatic nitrogens is 1. The van der Waals surface area contributed by atoms with Crippen LogP contribution in [0.4, 0.5) is 0 Å². The predicted octanol–water partition coefficient (Wildman–Crippen LogP) is 4.07. The van der Waals surface area contributed by atoms with Crippen LogP contribution in [0, 0.1) is 6.92 Å². The molecule has 0 N–H and O–H groups in total. The maximum Gasteiger partial charge on any atom is 0.233 e. The Labute approximate surface area is 168 Å². The molecule has 0 bridgehead atoms. The van der Waals surface area contributed by atoms with Gasteiger partial charge in [0.15, 0.2) is 11.5 Å². The SMILES string of the molecule is Cc1cc(SCC(=O)N(C)Cc2ccc3c(c2)OCCO3)nc2ccccc12. The molecule has 1 amide bonds. The summed E-state index contributed by atoms with van der Waals surface area (Å²) in [6, 6.07) is 15.9. The highest BCUT2D eigenvalue weighted by atomic mass is 32.2. The van der Waals surface area contributed by atoms with E-state index in [2.05, 4.69) is 18.0 Å². The van der Waals surface area contributed by atoms with Gasteiger partial charge in [-0.15, -0.1) is 0 Å². The van der Waals surface area contributed by atoms with Gasteiger partial charge < -0.3 is 14.4 Å². The number of para-hydroxylation sites is 1. The van der Waals surface area contributed by atoms with Crippen molar-refractivity contribution in [3.8, 4) is 11.5 Å². The smallest absolute Gasteiger partial charge is 0.233 e. The second kappa shape index (κ2) is 8.10. The maximum absolute atomic E-state index is 12.6. The number of aryl methyl sites for hydroxylation is 1. The molecule has 1 aliphatic heterocycles. The van der Waals surface area contributed by atoms with Gasteiger partial charge in [0.25, 0.3) is 0 Å². The average Bonchev–Trinajstić information content (AvgIpc) is 2.72. The molecule has 0 saturated heterocycles. The van der Waals surface area contributed by atoms with Crippen molar-refractivity contribution in [2.45, 2.75) is 18.5 Å². The number of carbonyl (C=O) groups is 1. The van der Waals surface area contributed by atoms with Gasteiger partial charge in [-0.25, -0.2) is 4.98 Å². The number of rotatable bonds is 5. The summed E-state index contributed by atoms with van der Waals surface area (Å²) in [4.78, 5) is 19.0. The molecule has 5 nitrogen and oxygen atoms in total. The molecule has 0 spiro atoms. The fourth-order valence-electron chi connectivity index (χ4n) is 3.19. The van der Waals surface area contributed by atoms with Crippen LogP contribution < -0.4 is 9.47 Å². The Morgan fingerprint density at radius 1 is 1.11 bits per heavy atom. The minimum atomic E-state index is 0.0625. The lowest BCUT2D eigenvalue weighted by atomic mass is 10.1. The molecule has 6 heteroatoms. The van der Waals surface area contributed by atoms with E-state index in [4.69, 9.17) is 9.47 Å². The molecule has 0 saturated carbocycles. The van der Waals surface area contributed by atoms with E-state index in [1.165, 1.54) is 17.3 Å². The summed E-state index contributed by atoms with van der Waals surface area (Å²) in [6.45, 7) is 3.73. The van der Waals surface area contributed by atoms with Crippen LogP contribution in [0.3, 0.4) is 0 Å². The van der Waals surface area contributed by atoms with Crippen LogP contribution in [0.25, 0.3) is 10.9 Å². The first-order chi connectivity index (χ1) is 13.6.